The van der Waals surface area contributed by atoms with E-state index in [9.17, 15) is 9.59 Å². The van der Waals surface area contributed by atoms with E-state index in [1.165, 1.54) is 0 Å². The number of morpholine rings is 1. The van der Waals surface area contributed by atoms with Crippen molar-refractivity contribution >= 4 is 17.6 Å². The fourth-order valence-electron chi connectivity index (χ4n) is 2.47. The van der Waals surface area contributed by atoms with Crippen LogP contribution in [0.1, 0.15) is 10.4 Å². The monoisotopic (exact) mass is 275 g/mol. The second-order valence-electron chi connectivity index (χ2n) is 4.84. The summed E-state index contributed by atoms with van der Waals surface area (Å²) in [5.74, 6) is -0.00486. The van der Waals surface area contributed by atoms with Crippen LogP contribution < -0.4 is 10.2 Å². The number of benzene rings is 1. The zero-order valence-corrected chi connectivity index (χ0v) is 11.2. The summed E-state index contributed by atoms with van der Waals surface area (Å²) in [6.07, 6.45) is 0. The fourth-order valence-corrected chi connectivity index (χ4v) is 2.47. The highest BCUT2D eigenvalue weighted by molar-refractivity contribution is 5.98. The van der Waals surface area contributed by atoms with E-state index in [4.69, 9.17) is 4.74 Å². The number of ether oxygens (including phenoxy) is 1. The van der Waals surface area contributed by atoms with Gasteiger partial charge in [-0.25, -0.2) is 4.79 Å². The van der Waals surface area contributed by atoms with Crippen LogP contribution in [0.4, 0.5) is 10.5 Å². The average molecular weight is 275 g/mol. The minimum absolute atomic E-state index is 0.00486. The van der Waals surface area contributed by atoms with E-state index in [0.717, 1.165) is 5.69 Å². The summed E-state index contributed by atoms with van der Waals surface area (Å²) in [4.78, 5) is 27.5. The molecule has 106 valence electrons. The van der Waals surface area contributed by atoms with E-state index in [0.29, 0.717) is 45.0 Å². The predicted octanol–water partition coefficient (Wildman–Crippen LogP) is 0.689. The van der Waals surface area contributed by atoms with E-state index < -0.39 is 0 Å². The highest BCUT2D eigenvalue weighted by atomic mass is 16.5. The van der Waals surface area contributed by atoms with Crippen molar-refractivity contribution in [1.29, 1.82) is 0 Å². The molecule has 2 heterocycles. The van der Waals surface area contributed by atoms with Crippen molar-refractivity contribution in [3.63, 3.8) is 0 Å². The third-order valence-electron chi connectivity index (χ3n) is 3.56. The molecule has 20 heavy (non-hydrogen) atoms. The van der Waals surface area contributed by atoms with Gasteiger partial charge in [0.05, 0.1) is 13.2 Å². The lowest BCUT2D eigenvalue weighted by molar-refractivity contribution is 0.0303. The molecule has 1 aromatic carbocycles. The van der Waals surface area contributed by atoms with Gasteiger partial charge in [-0.15, -0.1) is 0 Å². The Kier molecular flexibility index (Phi) is 3.56. The van der Waals surface area contributed by atoms with Gasteiger partial charge >= 0.3 is 6.03 Å². The molecule has 0 unspecified atom stereocenters. The Balaban J connectivity index is 1.79. The van der Waals surface area contributed by atoms with Crippen LogP contribution in [-0.2, 0) is 4.74 Å². The zero-order valence-electron chi connectivity index (χ0n) is 11.2. The Labute approximate surface area is 117 Å². The summed E-state index contributed by atoms with van der Waals surface area (Å²) in [7, 11) is 0. The lowest BCUT2D eigenvalue weighted by atomic mass is 10.1. The standard InChI is InChI=1S/C14H17N3O3/c18-13(16-6-8-20-9-7-16)11-2-1-3-12(10-11)17-5-4-15-14(17)19/h1-3,10H,4-9H2,(H,15,19). The molecule has 1 N–H and O–H groups in total. The van der Waals surface area contributed by atoms with Crippen LogP contribution in [0.15, 0.2) is 24.3 Å². The second kappa shape index (κ2) is 5.50. The van der Waals surface area contributed by atoms with Gasteiger partial charge in [0.1, 0.15) is 0 Å². The molecule has 0 spiro atoms. The van der Waals surface area contributed by atoms with Crippen LogP contribution in [-0.4, -0.2) is 56.2 Å². The van der Waals surface area contributed by atoms with Gasteiger partial charge in [-0.1, -0.05) is 6.07 Å². The van der Waals surface area contributed by atoms with E-state index in [1.807, 2.05) is 12.1 Å². The number of amides is 3. The molecule has 3 rings (SSSR count). The van der Waals surface area contributed by atoms with Gasteiger partial charge < -0.3 is 15.0 Å². The maximum Gasteiger partial charge on any atom is 0.321 e. The molecule has 2 fully saturated rings. The van der Waals surface area contributed by atoms with Crippen molar-refractivity contribution in [2.75, 3.05) is 44.3 Å². The Morgan fingerprint density at radius 3 is 2.70 bits per heavy atom. The molecule has 3 amide bonds. The lowest BCUT2D eigenvalue weighted by Gasteiger charge is -2.27. The van der Waals surface area contributed by atoms with Crippen molar-refractivity contribution in [3.05, 3.63) is 29.8 Å². The Bertz CT molecular complexity index is 526. The molecule has 0 bridgehead atoms. The number of nitrogens with one attached hydrogen (secondary N) is 1. The van der Waals surface area contributed by atoms with Gasteiger partial charge in [-0.3, -0.25) is 9.69 Å². The van der Waals surface area contributed by atoms with E-state index >= 15 is 0 Å². The number of anilines is 1. The molecule has 2 aliphatic heterocycles. The van der Waals surface area contributed by atoms with E-state index in [2.05, 4.69) is 5.32 Å². The van der Waals surface area contributed by atoms with Gasteiger partial charge in [-0.2, -0.15) is 0 Å². The van der Waals surface area contributed by atoms with Gasteiger partial charge in [0.25, 0.3) is 5.91 Å². The number of hydrogen-bond donors (Lipinski definition) is 1. The van der Waals surface area contributed by atoms with Crippen LogP contribution >= 0.6 is 0 Å². The minimum Gasteiger partial charge on any atom is -0.378 e. The molecule has 6 heteroatoms. The summed E-state index contributed by atoms with van der Waals surface area (Å²) in [5.41, 5.74) is 1.38. The third kappa shape index (κ3) is 2.46. The summed E-state index contributed by atoms with van der Waals surface area (Å²) >= 11 is 0. The predicted molar refractivity (Wildman–Crippen MR) is 73.9 cm³/mol. The van der Waals surface area contributed by atoms with Crippen LogP contribution in [0.3, 0.4) is 0 Å². The quantitative estimate of drug-likeness (QED) is 0.863. The summed E-state index contributed by atoms with van der Waals surface area (Å²) in [6.45, 7) is 3.68. The van der Waals surface area contributed by atoms with Crippen LogP contribution in [0, 0.1) is 0 Å². The number of nitrogens with zero attached hydrogens (tertiary/aromatic N) is 2. The summed E-state index contributed by atoms with van der Waals surface area (Å²) in [5, 5.41) is 2.76. The maximum atomic E-state index is 12.4. The highest BCUT2D eigenvalue weighted by Crippen LogP contribution is 2.19. The normalized spacial score (nSPS) is 19.1. The number of hydrogen-bond acceptors (Lipinski definition) is 3. The summed E-state index contributed by atoms with van der Waals surface area (Å²) in [6, 6.07) is 7.12. The van der Waals surface area contributed by atoms with Crippen LogP contribution in [0.5, 0.6) is 0 Å². The van der Waals surface area contributed by atoms with Crippen molar-refractivity contribution < 1.29 is 14.3 Å². The largest absolute Gasteiger partial charge is 0.378 e. The molecule has 0 saturated carbocycles. The fraction of sp³-hybridized carbons (Fsp3) is 0.429. The second-order valence-corrected chi connectivity index (χ2v) is 4.84. The van der Waals surface area contributed by atoms with Gasteiger partial charge in [0, 0.05) is 37.4 Å². The van der Waals surface area contributed by atoms with E-state index in [-0.39, 0.29) is 11.9 Å². The molecule has 0 atom stereocenters. The first kappa shape index (κ1) is 12.9. The first-order valence-corrected chi connectivity index (χ1v) is 6.78. The molecule has 0 aliphatic carbocycles. The lowest BCUT2D eigenvalue weighted by Crippen LogP contribution is -2.40. The van der Waals surface area contributed by atoms with Crippen LogP contribution in [0.25, 0.3) is 0 Å². The Morgan fingerprint density at radius 1 is 1.20 bits per heavy atom. The highest BCUT2D eigenvalue weighted by Gasteiger charge is 2.23. The first-order valence-electron chi connectivity index (χ1n) is 6.78. The average Bonchev–Trinajstić information content (AvgIpc) is 2.94. The maximum absolute atomic E-state index is 12.4. The van der Waals surface area contributed by atoms with Crippen molar-refractivity contribution in [2.45, 2.75) is 0 Å². The smallest absolute Gasteiger partial charge is 0.321 e. The number of rotatable bonds is 2. The molecule has 0 aromatic heterocycles. The molecule has 6 nitrogen and oxygen atoms in total. The summed E-state index contributed by atoms with van der Waals surface area (Å²) < 4.78 is 5.25. The van der Waals surface area contributed by atoms with Gasteiger partial charge in [0.15, 0.2) is 0 Å². The number of carbonyl (C=O) groups is 2. The molecule has 2 aliphatic rings. The number of urea groups is 1. The third-order valence-corrected chi connectivity index (χ3v) is 3.56. The molecule has 1 aromatic rings. The molecular weight excluding hydrogens is 258 g/mol. The topological polar surface area (TPSA) is 61.9 Å². The SMILES string of the molecule is O=C(c1cccc(N2CCNC2=O)c1)N1CCOCC1. The van der Waals surface area contributed by atoms with E-state index in [1.54, 1.807) is 21.9 Å². The van der Waals surface area contributed by atoms with Crippen molar-refractivity contribution in [1.82, 2.24) is 10.2 Å². The minimum atomic E-state index is -0.110. The zero-order chi connectivity index (χ0) is 13.9. The molecular formula is C14H17N3O3. The van der Waals surface area contributed by atoms with Gasteiger partial charge in [-0.05, 0) is 18.2 Å². The van der Waals surface area contributed by atoms with Crippen molar-refractivity contribution in [2.24, 2.45) is 0 Å². The molecule has 2 saturated heterocycles. The number of carbonyl (C=O) groups excluding carboxylic acids is 2. The van der Waals surface area contributed by atoms with Crippen LogP contribution in [0.2, 0.25) is 0 Å². The first-order chi connectivity index (χ1) is 9.75. The van der Waals surface area contributed by atoms with Gasteiger partial charge in [0.2, 0.25) is 0 Å². The Hall–Kier alpha value is -2.08. The Morgan fingerprint density at radius 2 is 2.00 bits per heavy atom. The molecule has 0 radical (unpaired) electrons. The van der Waals surface area contributed by atoms with Crippen molar-refractivity contribution in [3.8, 4) is 0 Å².